The summed E-state index contributed by atoms with van der Waals surface area (Å²) in [6.07, 6.45) is 3.76. The van der Waals surface area contributed by atoms with Gasteiger partial charge in [-0.3, -0.25) is 0 Å². The van der Waals surface area contributed by atoms with E-state index in [1.807, 2.05) is 0 Å². The van der Waals surface area contributed by atoms with Crippen LogP contribution in [0, 0.1) is 11.7 Å². The van der Waals surface area contributed by atoms with Gasteiger partial charge >= 0.3 is 0 Å². The van der Waals surface area contributed by atoms with Crippen LogP contribution in [0.3, 0.4) is 0 Å². The fourth-order valence-corrected chi connectivity index (χ4v) is 3.03. The third kappa shape index (κ3) is 2.87. The molecule has 1 aliphatic rings. The number of aromatic nitrogens is 2. The van der Waals surface area contributed by atoms with E-state index >= 15 is 0 Å². The summed E-state index contributed by atoms with van der Waals surface area (Å²) in [6.45, 7) is 2.22. The van der Waals surface area contributed by atoms with Crippen LogP contribution in [0.25, 0.3) is 11.5 Å². The lowest BCUT2D eigenvalue weighted by atomic mass is 9.77. The van der Waals surface area contributed by atoms with Crippen LogP contribution in [0.1, 0.15) is 38.4 Å². The zero-order chi connectivity index (χ0) is 15.0. The predicted molar refractivity (Wildman–Crippen MR) is 80.9 cm³/mol. The minimum absolute atomic E-state index is 0.179. The highest BCUT2D eigenvalue weighted by atomic mass is 79.9. The van der Waals surface area contributed by atoms with Crippen molar-refractivity contribution in [3.8, 4) is 11.5 Å². The summed E-state index contributed by atoms with van der Waals surface area (Å²) >= 11 is 3.22. The van der Waals surface area contributed by atoms with Crippen molar-refractivity contribution in [3.63, 3.8) is 0 Å². The number of benzene rings is 1. The van der Waals surface area contributed by atoms with Gasteiger partial charge in [0.25, 0.3) is 5.89 Å². The van der Waals surface area contributed by atoms with Crippen LogP contribution in [0.5, 0.6) is 0 Å². The van der Waals surface area contributed by atoms with Crippen molar-refractivity contribution in [1.29, 1.82) is 0 Å². The molecule has 0 saturated heterocycles. The van der Waals surface area contributed by atoms with E-state index in [1.54, 1.807) is 12.1 Å². The number of halogens is 2. The number of hydrogen-bond donors (Lipinski definition) is 1. The Labute approximate surface area is 131 Å². The van der Waals surface area contributed by atoms with Crippen LogP contribution < -0.4 is 5.73 Å². The third-order valence-corrected chi connectivity index (χ3v) is 4.69. The van der Waals surface area contributed by atoms with E-state index < -0.39 is 11.4 Å². The maximum absolute atomic E-state index is 13.9. The predicted octanol–water partition coefficient (Wildman–Crippen LogP) is 4.00. The van der Waals surface area contributed by atoms with Gasteiger partial charge in [-0.05, 0) is 49.8 Å². The second-order valence-corrected chi connectivity index (χ2v) is 6.80. The first kappa shape index (κ1) is 14.7. The maximum atomic E-state index is 13.9. The van der Waals surface area contributed by atoms with Gasteiger partial charge in [0.05, 0.1) is 11.1 Å². The Balaban J connectivity index is 1.89. The monoisotopic (exact) mass is 353 g/mol. The van der Waals surface area contributed by atoms with Crippen molar-refractivity contribution in [2.75, 3.05) is 0 Å². The molecule has 1 fully saturated rings. The van der Waals surface area contributed by atoms with E-state index in [4.69, 9.17) is 10.3 Å². The van der Waals surface area contributed by atoms with E-state index in [0.29, 0.717) is 21.8 Å². The Morgan fingerprint density at radius 1 is 1.38 bits per heavy atom. The van der Waals surface area contributed by atoms with E-state index in [1.165, 1.54) is 6.07 Å². The highest BCUT2D eigenvalue weighted by molar-refractivity contribution is 9.10. The zero-order valence-corrected chi connectivity index (χ0v) is 13.4. The van der Waals surface area contributed by atoms with E-state index in [-0.39, 0.29) is 5.89 Å². The maximum Gasteiger partial charge on any atom is 0.260 e. The number of hydrogen-bond acceptors (Lipinski definition) is 4. The Kier molecular flexibility index (Phi) is 3.84. The fraction of sp³-hybridized carbons (Fsp3) is 0.467. The number of nitrogens with zero attached hydrogens (tertiary/aromatic N) is 2. The first-order valence-electron chi connectivity index (χ1n) is 7.06. The molecule has 1 aliphatic carbocycles. The molecule has 0 unspecified atom stereocenters. The average Bonchev–Trinajstić information content (AvgIpc) is 2.92. The molecule has 1 saturated carbocycles. The average molecular weight is 354 g/mol. The van der Waals surface area contributed by atoms with Crippen LogP contribution >= 0.6 is 15.9 Å². The van der Waals surface area contributed by atoms with E-state index in [0.717, 1.165) is 25.7 Å². The molecule has 0 atom stereocenters. The Morgan fingerprint density at radius 2 is 2.10 bits per heavy atom. The second kappa shape index (κ2) is 5.50. The zero-order valence-electron chi connectivity index (χ0n) is 11.8. The summed E-state index contributed by atoms with van der Waals surface area (Å²) < 4.78 is 19.8. The van der Waals surface area contributed by atoms with E-state index in [2.05, 4.69) is 33.0 Å². The van der Waals surface area contributed by atoms with Crippen molar-refractivity contribution < 1.29 is 8.91 Å². The van der Waals surface area contributed by atoms with Crippen molar-refractivity contribution in [2.45, 2.75) is 38.1 Å². The molecule has 4 nitrogen and oxygen atoms in total. The van der Waals surface area contributed by atoms with Gasteiger partial charge in [0.2, 0.25) is 0 Å². The first-order chi connectivity index (χ1) is 9.98. The highest BCUT2D eigenvalue weighted by Gasteiger charge is 2.36. The molecule has 1 aromatic carbocycles. The summed E-state index contributed by atoms with van der Waals surface area (Å²) in [5.74, 6) is 0.935. The van der Waals surface area contributed by atoms with Gasteiger partial charge in [-0.2, -0.15) is 4.98 Å². The quantitative estimate of drug-likeness (QED) is 0.885. The molecule has 3 rings (SSSR count). The summed E-state index contributed by atoms with van der Waals surface area (Å²) in [4.78, 5) is 4.33. The largest absolute Gasteiger partial charge is 0.334 e. The summed E-state index contributed by atoms with van der Waals surface area (Å²) in [6, 6.07) is 4.73. The Hall–Kier alpha value is -1.27. The molecule has 2 aromatic rings. The molecule has 112 valence electrons. The number of rotatable bonds is 2. The lowest BCUT2D eigenvalue weighted by Gasteiger charge is -2.33. The molecule has 0 spiro atoms. The summed E-state index contributed by atoms with van der Waals surface area (Å²) in [5, 5.41) is 3.99. The van der Waals surface area contributed by atoms with Crippen LogP contribution in [0.2, 0.25) is 0 Å². The molecule has 0 aliphatic heterocycles. The molecule has 1 heterocycles. The van der Waals surface area contributed by atoms with Crippen molar-refractivity contribution >= 4 is 15.9 Å². The molecule has 21 heavy (non-hydrogen) atoms. The highest BCUT2D eigenvalue weighted by Crippen LogP contribution is 2.37. The Morgan fingerprint density at radius 3 is 2.76 bits per heavy atom. The molecular formula is C15H17BrFN3O. The van der Waals surface area contributed by atoms with Gasteiger partial charge in [-0.15, -0.1) is 0 Å². The normalized spacial score (nSPS) is 26.0. The fourth-order valence-electron chi connectivity index (χ4n) is 2.70. The van der Waals surface area contributed by atoms with Crippen molar-refractivity contribution in [3.05, 3.63) is 34.3 Å². The minimum Gasteiger partial charge on any atom is -0.334 e. The summed E-state index contributed by atoms with van der Waals surface area (Å²) in [7, 11) is 0. The van der Waals surface area contributed by atoms with Gasteiger partial charge in [0.1, 0.15) is 5.82 Å². The minimum atomic E-state index is -0.555. The van der Waals surface area contributed by atoms with Gasteiger partial charge in [0.15, 0.2) is 5.82 Å². The van der Waals surface area contributed by atoms with Crippen molar-refractivity contribution in [1.82, 2.24) is 10.1 Å². The topological polar surface area (TPSA) is 64.9 Å². The smallest absolute Gasteiger partial charge is 0.260 e. The van der Waals surface area contributed by atoms with E-state index in [9.17, 15) is 4.39 Å². The lowest BCUT2D eigenvalue weighted by molar-refractivity contribution is 0.230. The summed E-state index contributed by atoms with van der Waals surface area (Å²) in [5.41, 5.74) is 6.15. The standard InChI is InChI=1S/C15H17BrFN3O/c1-9-4-6-15(18,7-5-9)14-19-13(21-20-14)11-3-2-10(16)8-12(11)17/h2-3,8-9H,4-7,18H2,1H3. The molecule has 0 radical (unpaired) electrons. The van der Waals surface area contributed by atoms with Gasteiger partial charge in [0, 0.05) is 4.47 Å². The molecule has 6 heteroatoms. The third-order valence-electron chi connectivity index (χ3n) is 4.20. The van der Waals surface area contributed by atoms with Crippen LogP contribution in [-0.2, 0) is 5.54 Å². The van der Waals surface area contributed by atoms with Gasteiger partial charge in [-0.1, -0.05) is 28.0 Å². The molecule has 0 bridgehead atoms. The second-order valence-electron chi connectivity index (χ2n) is 5.89. The van der Waals surface area contributed by atoms with Crippen molar-refractivity contribution in [2.24, 2.45) is 11.7 Å². The SMILES string of the molecule is CC1CCC(N)(c2noc(-c3ccc(Br)cc3F)n2)CC1. The molecule has 1 aromatic heterocycles. The van der Waals surface area contributed by atoms with Gasteiger partial charge < -0.3 is 10.3 Å². The first-order valence-corrected chi connectivity index (χ1v) is 7.86. The Bertz CT molecular complexity index is 650. The van der Waals surface area contributed by atoms with Gasteiger partial charge in [-0.25, -0.2) is 4.39 Å². The van der Waals surface area contributed by atoms with Crippen LogP contribution in [-0.4, -0.2) is 10.1 Å². The van der Waals surface area contributed by atoms with Crippen LogP contribution in [0.4, 0.5) is 4.39 Å². The van der Waals surface area contributed by atoms with Crippen LogP contribution in [0.15, 0.2) is 27.2 Å². The lowest BCUT2D eigenvalue weighted by Crippen LogP contribution is -2.41. The molecule has 0 amide bonds. The molecule has 2 N–H and O–H groups in total. The molecular weight excluding hydrogens is 337 g/mol. The number of nitrogens with two attached hydrogens (primary N) is 1.